The van der Waals surface area contributed by atoms with Crippen LogP contribution in [-0.4, -0.2) is 13.2 Å². The van der Waals surface area contributed by atoms with Crippen LogP contribution in [0.5, 0.6) is 0 Å². The normalized spacial score (nSPS) is 12.1. The highest BCUT2D eigenvalue weighted by Gasteiger charge is 2.02. The molecule has 0 aliphatic carbocycles. The smallest absolute Gasteiger partial charge is 0.0660 e. The van der Waals surface area contributed by atoms with E-state index in [-0.39, 0.29) is 10.8 Å². The fourth-order valence-electron chi connectivity index (χ4n) is 0.935. The summed E-state index contributed by atoms with van der Waals surface area (Å²) in [6.07, 6.45) is 7.53. The third kappa shape index (κ3) is 16.6. The molecule has 0 saturated carbocycles. The van der Waals surface area contributed by atoms with Gasteiger partial charge in [0.1, 0.15) is 0 Å². The first-order chi connectivity index (χ1) is 8.71. The van der Waals surface area contributed by atoms with Crippen LogP contribution < -0.4 is 0 Å². The van der Waals surface area contributed by atoms with Crippen molar-refractivity contribution in [2.24, 2.45) is 10.8 Å². The van der Waals surface area contributed by atoms with E-state index in [0.29, 0.717) is 13.2 Å². The predicted molar refractivity (Wildman–Crippen MR) is 83.6 cm³/mol. The molecule has 0 amide bonds. The van der Waals surface area contributed by atoms with Gasteiger partial charge >= 0.3 is 0 Å². The van der Waals surface area contributed by atoms with Crippen LogP contribution in [-0.2, 0) is 4.74 Å². The standard InChI is InChI=1S/C18H26O/c1-17(2,3)13-9-7-11-15-19-16-12-8-10-14-18(4,5)6/h7-8,11-12H,15-16H2,1-6H3. The van der Waals surface area contributed by atoms with Gasteiger partial charge in [-0.25, -0.2) is 0 Å². The summed E-state index contributed by atoms with van der Waals surface area (Å²) in [5.41, 5.74) is 0.110. The van der Waals surface area contributed by atoms with E-state index in [1.807, 2.05) is 24.3 Å². The number of allylic oxidation sites excluding steroid dienone is 2. The third-order valence-corrected chi connectivity index (χ3v) is 1.72. The Kier molecular flexibility index (Phi) is 7.97. The molecule has 0 aromatic rings. The number of hydrogen-bond acceptors (Lipinski definition) is 1. The van der Waals surface area contributed by atoms with Gasteiger partial charge in [0.25, 0.3) is 0 Å². The Morgan fingerprint density at radius 3 is 1.42 bits per heavy atom. The first-order valence-electron chi connectivity index (χ1n) is 6.64. The lowest BCUT2D eigenvalue weighted by atomic mass is 9.98. The molecule has 0 bridgehead atoms. The molecule has 104 valence electrons. The van der Waals surface area contributed by atoms with Crippen molar-refractivity contribution < 1.29 is 4.74 Å². The van der Waals surface area contributed by atoms with Crippen molar-refractivity contribution >= 4 is 0 Å². The Hall–Kier alpha value is -1.44. The average molecular weight is 258 g/mol. The summed E-state index contributed by atoms with van der Waals surface area (Å²) in [5.74, 6) is 12.3. The Labute approximate surface area is 119 Å². The molecule has 0 heterocycles. The first-order valence-corrected chi connectivity index (χ1v) is 6.64. The van der Waals surface area contributed by atoms with Gasteiger partial charge in [0.15, 0.2) is 0 Å². The Balaban J connectivity index is 3.76. The van der Waals surface area contributed by atoms with Gasteiger partial charge in [-0.1, -0.05) is 35.8 Å². The molecule has 0 aliphatic heterocycles. The molecule has 0 aromatic heterocycles. The van der Waals surface area contributed by atoms with Crippen molar-refractivity contribution in [1.82, 2.24) is 0 Å². The fraction of sp³-hybridized carbons (Fsp3) is 0.556. The molecule has 0 fully saturated rings. The second kappa shape index (κ2) is 8.63. The molecule has 0 saturated heterocycles. The van der Waals surface area contributed by atoms with E-state index in [0.717, 1.165) is 0 Å². The topological polar surface area (TPSA) is 9.23 Å². The maximum atomic E-state index is 5.39. The summed E-state index contributed by atoms with van der Waals surface area (Å²) in [6, 6.07) is 0. The van der Waals surface area contributed by atoms with Crippen molar-refractivity contribution in [2.45, 2.75) is 41.5 Å². The van der Waals surface area contributed by atoms with Gasteiger partial charge in [-0.05, 0) is 53.7 Å². The van der Waals surface area contributed by atoms with E-state index >= 15 is 0 Å². The van der Waals surface area contributed by atoms with Gasteiger partial charge < -0.3 is 4.74 Å². The van der Waals surface area contributed by atoms with E-state index in [4.69, 9.17) is 4.74 Å². The fourth-order valence-corrected chi connectivity index (χ4v) is 0.935. The molecule has 0 spiro atoms. The number of rotatable bonds is 4. The summed E-state index contributed by atoms with van der Waals surface area (Å²) < 4.78 is 5.39. The molecule has 0 radical (unpaired) electrons. The quantitative estimate of drug-likeness (QED) is 0.542. The Morgan fingerprint density at radius 2 is 1.11 bits per heavy atom. The first kappa shape index (κ1) is 17.6. The SMILES string of the molecule is CC(C)(C)C#CC=CCOCC=CC#CC(C)(C)C. The second-order valence-electron chi connectivity index (χ2n) is 6.38. The molecule has 0 aromatic carbocycles. The van der Waals surface area contributed by atoms with Crippen molar-refractivity contribution in [2.75, 3.05) is 13.2 Å². The molecule has 19 heavy (non-hydrogen) atoms. The van der Waals surface area contributed by atoms with Gasteiger partial charge in [-0.2, -0.15) is 0 Å². The molecule has 0 unspecified atom stereocenters. The zero-order valence-electron chi connectivity index (χ0n) is 13.1. The maximum absolute atomic E-state index is 5.39. The van der Waals surface area contributed by atoms with Crippen molar-refractivity contribution in [1.29, 1.82) is 0 Å². The van der Waals surface area contributed by atoms with E-state index in [1.54, 1.807) is 0 Å². The van der Waals surface area contributed by atoms with Gasteiger partial charge in [0.2, 0.25) is 0 Å². The van der Waals surface area contributed by atoms with Crippen LogP contribution in [0.3, 0.4) is 0 Å². The van der Waals surface area contributed by atoms with E-state index in [1.165, 1.54) is 0 Å². The summed E-state index contributed by atoms with van der Waals surface area (Å²) in [5, 5.41) is 0. The van der Waals surface area contributed by atoms with E-state index < -0.39 is 0 Å². The maximum Gasteiger partial charge on any atom is 0.0660 e. The molecule has 0 atom stereocenters. The molecule has 0 N–H and O–H groups in total. The predicted octanol–water partition coefficient (Wildman–Crippen LogP) is 4.21. The zero-order chi connectivity index (χ0) is 14.8. The van der Waals surface area contributed by atoms with E-state index in [9.17, 15) is 0 Å². The van der Waals surface area contributed by atoms with Gasteiger partial charge in [-0.3, -0.25) is 0 Å². The van der Waals surface area contributed by atoms with Gasteiger partial charge in [0.05, 0.1) is 13.2 Å². The Bertz CT molecular complexity index is 375. The lowest BCUT2D eigenvalue weighted by Crippen LogP contribution is -1.98. The summed E-state index contributed by atoms with van der Waals surface area (Å²) in [6.45, 7) is 13.7. The lowest BCUT2D eigenvalue weighted by molar-refractivity contribution is 0.194. The summed E-state index contributed by atoms with van der Waals surface area (Å²) in [7, 11) is 0. The average Bonchev–Trinajstić information content (AvgIpc) is 2.22. The molecule has 1 nitrogen and oxygen atoms in total. The molecule has 0 aliphatic rings. The molecular formula is C18H26O. The summed E-state index contributed by atoms with van der Waals surface area (Å²) >= 11 is 0. The van der Waals surface area contributed by atoms with Crippen molar-refractivity contribution in [3.63, 3.8) is 0 Å². The highest BCUT2D eigenvalue weighted by Crippen LogP contribution is 2.09. The highest BCUT2D eigenvalue weighted by atomic mass is 16.5. The lowest BCUT2D eigenvalue weighted by Gasteiger charge is -2.05. The van der Waals surface area contributed by atoms with Gasteiger partial charge in [0, 0.05) is 10.8 Å². The largest absolute Gasteiger partial charge is 0.373 e. The van der Waals surface area contributed by atoms with Crippen molar-refractivity contribution in [3.8, 4) is 23.7 Å². The molecule has 1 heteroatoms. The summed E-state index contributed by atoms with van der Waals surface area (Å²) in [4.78, 5) is 0. The number of ether oxygens (including phenoxy) is 1. The van der Waals surface area contributed by atoms with Crippen LogP contribution in [0, 0.1) is 34.5 Å². The third-order valence-electron chi connectivity index (χ3n) is 1.72. The van der Waals surface area contributed by atoms with Crippen LogP contribution in [0.15, 0.2) is 24.3 Å². The minimum atomic E-state index is 0.0552. The minimum absolute atomic E-state index is 0.0552. The van der Waals surface area contributed by atoms with Crippen LogP contribution in [0.1, 0.15) is 41.5 Å². The van der Waals surface area contributed by atoms with Crippen LogP contribution in [0.25, 0.3) is 0 Å². The van der Waals surface area contributed by atoms with Crippen molar-refractivity contribution in [3.05, 3.63) is 24.3 Å². The van der Waals surface area contributed by atoms with Crippen LogP contribution >= 0.6 is 0 Å². The van der Waals surface area contributed by atoms with E-state index in [2.05, 4.69) is 65.2 Å². The van der Waals surface area contributed by atoms with Crippen LogP contribution in [0.4, 0.5) is 0 Å². The second-order valence-corrected chi connectivity index (χ2v) is 6.38. The zero-order valence-corrected chi connectivity index (χ0v) is 13.1. The minimum Gasteiger partial charge on any atom is -0.373 e. The molecular weight excluding hydrogens is 232 g/mol. The van der Waals surface area contributed by atoms with Crippen LogP contribution in [0.2, 0.25) is 0 Å². The Morgan fingerprint density at radius 1 is 0.737 bits per heavy atom. The molecule has 0 rings (SSSR count). The van der Waals surface area contributed by atoms with Gasteiger partial charge in [-0.15, -0.1) is 0 Å². The highest BCUT2D eigenvalue weighted by molar-refractivity contribution is 5.19. The monoisotopic (exact) mass is 258 g/mol. The number of hydrogen-bond donors (Lipinski definition) is 0.